The Hall–Kier alpha value is -2.27. The first-order valence-electron chi connectivity index (χ1n) is 7.49. The molecule has 2 aromatic carbocycles. The zero-order valence-electron chi connectivity index (χ0n) is 12.7. The molecule has 3 rings (SSSR count). The molecule has 0 aliphatic carbocycles. The summed E-state index contributed by atoms with van der Waals surface area (Å²) in [6.07, 6.45) is 3.29. The van der Waals surface area contributed by atoms with E-state index >= 15 is 0 Å². The minimum absolute atomic E-state index is 0.132. The quantitative estimate of drug-likeness (QED) is 0.652. The number of benzene rings is 2. The standard InChI is InChI=1S/C18H16BrN3O/c1-2-5-17-21-16-7-4-3-6-15(16)18(23)22(17)20-12-13-8-10-14(19)11-9-13/h3-4,6-12H,2,5H2,1H3/b20-12+. The highest BCUT2D eigenvalue weighted by molar-refractivity contribution is 9.10. The zero-order chi connectivity index (χ0) is 16.2. The summed E-state index contributed by atoms with van der Waals surface area (Å²) in [6.45, 7) is 2.06. The molecule has 23 heavy (non-hydrogen) atoms. The summed E-state index contributed by atoms with van der Waals surface area (Å²) in [5, 5.41) is 4.96. The number of aromatic nitrogens is 2. The summed E-state index contributed by atoms with van der Waals surface area (Å²) in [6, 6.07) is 15.1. The number of fused-ring (bicyclic) bond motifs is 1. The SMILES string of the molecule is CCCc1nc2ccccc2c(=O)n1/N=C/c1ccc(Br)cc1. The second kappa shape index (κ2) is 6.87. The maximum absolute atomic E-state index is 12.7. The monoisotopic (exact) mass is 369 g/mol. The van der Waals surface area contributed by atoms with E-state index in [1.165, 1.54) is 4.68 Å². The maximum atomic E-state index is 12.7. The molecule has 1 heterocycles. The Morgan fingerprint density at radius 1 is 1.17 bits per heavy atom. The van der Waals surface area contributed by atoms with Crippen molar-refractivity contribution in [3.05, 3.63) is 74.7 Å². The molecule has 0 aliphatic rings. The summed E-state index contributed by atoms with van der Waals surface area (Å²) in [5.41, 5.74) is 1.51. The fraction of sp³-hybridized carbons (Fsp3) is 0.167. The van der Waals surface area contributed by atoms with E-state index in [1.54, 1.807) is 12.3 Å². The summed E-state index contributed by atoms with van der Waals surface area (Å²) >= 11 is 3.40. The molecule has 1 aromatic heterocycles. The molecular weight excluding hydrogens is 354 g/mol. The molecule has 0 radical (unpaired) electrons. The molecule has 0 fully saturated rings. The fourth-order valence-electron chi connectivity index (χ4n) is 2.35. The Labute approximate surface area is 142 Å². The van der Waals surface area contributed by atoms with Gasteiger partial charge in [0.15, 0.2) is 0 Å². The summed E-state index contributed by atoms with van der Waals surface area (Å²) in [5.74, 6) is 0.685. The molecular formula is C18H16BrN3O. The highest BCUT2D eigenvalue weighted by Gasteiger charge is 2.09. The smallest absolute Gasteiger partial charge is 0.267 e. The predicted octanol–water partition coefficient (Wildman–Crippen LogP) is 3.99. The van der Waals surface area contributed by atoms with Gasteiger partial charge in [0.05, 0.1) is 17.1 Å². The van der Waals surface area contributed by atoms with Crippen molar-refractivity contribution in [3.63, 3.8) is 0 Å². The third-order valence-electron chi connectivity index (χ3n) is 3.49. The van der Waals surface area contributed by atoms with Crippen molar-refractivity contribution in [1.82, 2.24) is 9.66 Å². The summed E-state index contributed by atoms with van der Waals surface area (Å²) in [4.78, 5) is 17.3. The summed E-state index contributed by atoms with van der Waals surface area (Å²) in [7, 11) is 0. The van der Waals surface area contributed by atoms with Crippen LogP contribution < -0.4 is 5.56 Å². The number of hydrogen-bond acceptors (Lipinski definition) is 3. The van der Waals surface area contributed by atoms with Crippen molar-refractivity contribution in [2.24, 2.45) is 5.10 Å². The Bertz CT molecular complexity index is 914. The fourth-order valence-corrected chi connectivity index (χ4v) is 2.61. The topological polar surface area (TPSA) is 47.2 Å². The minimum Gasteiger partial charge on any atom is -0.267 e. The average Bonchev–Trinajstić information content (AvgIpc) is 2.56. The lowest BCUT2D eigenvalue weighted by atomic mass is 10.2. The van der Waals surface area contributed by atoms with Crippen LogP contribution in [0.5, 0.6) is 0 Å². The number of hydrogen-bond donors (Lipinski definition) is 0. The van der Waals surface area contributed by atoms with Gasteiger partial charge in [-0.2, -0.15) is 9.78 Å². The molecule has 116 valence electrons. The Morgan fingerprint density at radius 3 is 2.65 bits per heavy atom. The van der Waals surface area contributed by atoms with Crippen LogP contribution in [-0.2, 0) is 6.42 Å². The third-order valence-corrected chi connectivity index (χ3v) is 4.02. The van der Waals surface area contributed by atoms with Crippen molar-refractivity contribution in [2.45, 2.75) is 19.8 Å². The molecule has 0 spiro atoms. The van der Waals surface area contributed by atoms with E-state index in [-0.39, 0.29) is 5.56 Å². The number of para-hydroxylation sites is 1. The number of rotatable bonds is 4. The lowest BCUT2D eigenvalue weighted by Crippen LogP contribution is -2.22. The van der Waals surface area contributed by atoms with Crippen molar-refractivity contribution in [1.29, 1.82) is 0 Å². The van der Waals surface area contributed by atoms with Gasteiger partial charge in [-0.15, -0.1) is 0 Å². The van der Waals surface area contributed by atoms with E-state index < -0.39 is 0 Å². The van der Waals surface area contributed by atoms with Gasteiger partial charge in [0.1, 0.15) is 5.82 Å². The van der Waals surface area contributed by atoms with Gasteiger partial charge in [-0.05, 0) is 36.2 Å². The molecule has 0 N–H and O–H groups in total. The number of aryl methyl sites for hydroxylation is 1. The van der Waals surface area contributed by atoms with Gasteiger partial charge in [0.25, 0.3) is 5.56 Å². The normalized spacial score (nSPS) is 11.4. The van der Waals surface area contributed by atoms with E-state index in [0.29, 0.717) is 17.6 Å². The van der Waals surface area contributed by atoms with Gasteiger partial charge in [-0.25, -0.2) is 4.98 Å². The lowest BCUT2D eigenvalue weighted by Gasteiger charge is -2.08. The predicted molar refractivity (Wildman–Crippen MR) is 97.1 cm³/mol. The van der Waals surface area contributed by atoms with Crippen LogP contribution in [0.15, 0.2) is 62.9 Å². The molecule has 0 saturated heterocycles. The maximum Gasteiger partial charge on any atom is 0.282 e. The van der Waals surface area contributed by atoms with E-state index in [4.69, 9.17) is 0 Å². The third kappa shape index (κ3) is 3.40. The molecule has 0 saturated carbocycles. The van der Waals surface area contributed by atoms with Crippen LogP contribution in [0.3, 0.4) is 0 Å². The first kappa shape index (κ1) is 15.6. The van der Waals surface area contributed by atoms with Crippen molar-refractivity contribution >= 4 is 33.0 Å². The van der Waals surface area contributed by atoms with Crippen molar-refractivity contribution in [2.75, 3.05) is 0 Å². The molecule has 4 nitrogen and oxygen atoms in total. The van der Waals surface area contributed by atoms with Crippen molar-refractivity contribution in [3.8, 4) is 0 Å². The van der Waals surface area contributed by atoms with Gasteiger partial charge in [0, 0.05) is 10.9 Å². The molecule has 0 bridgehead atoms. The van der Waals surface area contributed by atoms with Crippen LogP contribution in [0.25, 0.3) is 10.9 Å². The van der Waals surface area contributed by atoms with Crippen LogP contribution in [0.4, 0.5) is 0 Å². The second-order valence-electron chi connectivity index (χ2n) is 5.21. The summed E-state index contributed by atoms with van der Waals surface area (Å²) < 4.78 is 2.42. The van der Waals surface area contributed by atoms with Gasteiger partial charge < -0.3 is 0 Å². The number of halogens is 1. The highest BCUT2D eigenvalue weighted by Crippen LogP contribution is 2.11. The Kier molecular flexibility index (Phi) is 4.67. The van der Waals surface area contributed by atoms with Crippen LogP contribution >= 0.6 is 15.9 Å². The van der Waals surface area contributed by atoms with E-state index in [9.17, 15) is 4.79 Å². The second-order valence-corrected chi connectivity index (χ2v) is 6.12. The van der Waals surface area contributed by atoms with Crippen LogP contribution in [0.1, 0.15) is 24.7 Å². The molecule has 5 heteroatoms. The van der Waals surface area contributed by atoms with E-state index in [2.05, 4.69) is 32.9 Å². The molecule has 0 unspecified atom stereocenters. The minimum atomic E-state index is -0.132. The molecule has 0 atom stereocenters. The first-order chi connectivity index (χ1) is 11.2. The molecule has 0 aliphatic heterocycles. The van der Waals surface area contributed by atoms with Crippen LogP contribution in [0.2, 0.25) is 0 Å². The van der Waals surface area contributed by atoms with Crippen LogP contribution in [0, 0.1) is 0 Å². The first-order valence-corrected chi connectivity index (χ1v) is 8.29. The lowest BCUT2D eigenvalue weighted by molar-refractivity contribution is 0.704. The Morgan fingerprint density at radius 2 is 1.91 bits per heavy atom. The largest absolute Gasteiger partial charge is 0.282 e. The average molecular weight is 370 g/mol. The molecule has 3 aromatic rings. The van der Waals surface area contributed by atoms with Gasteiger partial charge in [0.2, 0.25) is 0 Å². The van der Waals surface area contributed by atoms with Gasteiger partial charge >= 0.3 is 0 Å². The van der Waals surface area contributed by atoms with Gasteiger partial charge in [-0.3, -0.25) is 4.79 Å². The van der Waals surface area contributed by atoms with Crippen LogP contribution in [-0.4, -0.2) is 15.9 Å². The van der Waals surface area contributed by atoms with Crippen molar-refractivity contribution < 1.29 is 0 Å². The number of nitrogens with zero attached hydrogens (tertiary/aromatic N) is 3. The highest BCUT2D eigenvalue weighted by atomic mass is 79.9. The molecule has 0 amide bonds. The van der Waals surface area contributed by atoms with E-state index in [1.807, 2.05) is 42.5 Å². The van der Waals surface area contributed by atoms with E-state index in [0.717, 1.165) is 22.0 Å². The Balaban J connectivity index is 2.11. The van der Waals surface area contributed by atoms with Gasteiger partial charge in [-0.1, -0.05) is 47.1 Å². The zero-order valence-corrected chi connectivity index (χ0v) is 14.3.